The first-order valence-electron chi connectivity index (χ1n) is 5.80. The first-order valence-corrected chi connectivity index (χ1v) is 6.62. The number of aromatic nitrogens is 1. The highest BCUT2D eigenvalue weighted by Crippen LogP contribution is 2.35. The topological polar surface area (TPSA) is 50.2 Å². The van der Waals surface area contributed by atoms with Crippen LogP contribution in [0, 0.1) is 6.92 Å². The SMILES string of the molecule is Cc1ccccc1-c1sc(C(C)C)nc1C(=O)O. The minimum atomic E-state index is -0.962. The fourth-order valence-corrected chi connectivity index (χ4v) is 2.89. The van der Waals surface area contributed by atoms with Crippen LogP contribution in [0.15, 0.2) is 24.3 Å². The fraction of sp³-hybridized carbons (Fsp3) is 0.286. The Labute approximate surface area is 110 Å². The second kappa shape index (κ2) is 4.90. The summed E-state index contributed by atoms with van der Waals surface area (Å²) in [7, 11) is 0. The summed E-state index contributed by atoms with van der Waals surface area (Å²) >= 11 is 1.47. The van der Waals surface area contributed by atoms with Crippen molar-refractivity contribution < 1.29 is 9.90 Å². The number of carbonyl (C=O) groups is 1. The van der Waals surface area contributed by atoms with Crippen molar-refractivity contribution in [3.8, 4) is 10.4 Å². The molecule has 0 radical (unpaired) electrons. The predicted octanol–water partition coefficient (Wildman–Crippen LogP) is 3.94. The van der Waals surface area contributed by atoms with Crippen molar-refractivity contribution in [2.24, 2.45) is 0 Å². The van der Waals surface area contributed by atoms with Crippen molar-refractivity contribution in [2.75, 3.05) is 0 Å². The summed E-state index contributed by atoms with van der Waals surface area (Å²) in [6.45, 7) is 6.02. The number of nitrogens with zero attached hydrogens (tertiary/aromatic N) is 1. The van der Waals surface area contributed by atoms with Gasteiger partial charge in [0.1, 0.15) is 0 Å². The summed E-state index contributed by atoms with van der Waals surface area (Å²) in [5.41, 5.74) is 2.19. The largest absolute Gasteiger partial charge is 0.476 e. The highest BCUT2D eigenvalue weighted by atomic mass is 32.1. The molecule has 0 atom stereocenters. The molecule has 0 spiro atoms. The summed E-state index contributed by atoms with van der Waals surface area (Å²) in [6.07, 6.45) is 0. The third-order valence-corrected chi connectivity index (χ3v) is 4.12. The maximum absolute atomic E-state index is 11.3. The molecule has 1 heterocycles. The van der Waals surface area contributed by atoms with Crippen molar-refractivity contribution >= 4 is 17.3 Å². The van der Waals surface area contributed by atoms with Crippen LogP contribution in [0.3, 0.4) is 0 Å². The van der Waals surface area contributed by atoms with E-state index in [4.69, 9.17) is 0 Å². The number of aromatic carboxylic acids is 1. The Balaban J connectivity index is 2.63. The van der Waals surface area contributed by atoms with E-state index in [-0.39, 0.29) is 11.6 Å². The first-order chi connectivity index (χ1) is 8.50. The third kappa shape index (κ3) is 2.29. The number of carboxylic acid groups (broad SMARTS) is 1. The lowest BCUT2D eigenvalue weighted by molar-refractivity contribution is 0.0692. The normalized spacial score (nSPS) is 10.9. The fourth-order valence-electron chi connectivity index (χ4n) is 1.74. The van der Waals surface area contributed by atoms with E-state index in [0.717, 1.165) is 21.0 Å². The third-order valence-electron chi connectivity index (χ3n) is 2.73. The van der Waals surface area contributed by atoms with Gasteiger partial charge in [-0.1, -0.05) is 38.1 Å². The molecule has 0 unspecified atom stereocenters. The molecule has 0 aliphatic carbocycles. The van der Waals surface area contributed by atoms with Crippen molar-refractivity contribution in [3.05, 3.63) is 40.5 Å². The van der Waals surface area contributed by atoms with Crippen LogP contribution < -0.4 is 0 Å². The van der Waals surface area contributed by atoms with E-state index in [9.17, 15) is 9.90 Å². The van der Waals surface area contributed by atoms with Crippen molar-refractivity contribution in [1.82, 2.24) is 4.98 Å². The molecule has 2 rings (SSSR count). The molecular formula is C14H15NO2S. The van der Waals surface area contributed by atoms with Gasteiger partial charge in [0.2, 0.25) is 0 Å². The molecule has 0 bridgehead atoms. The Bertz CT molecular complexity index is 587. The van der Waals surface area contributed by atoms with Crippen LogP contribution in [-0.2, 0) is 0 Å². The van der Waals surface area contributed by atoms with Gasteiger partial charge in [-0.15, -0.1) is 11.3 Å². The van der Waals surface area contributed by atoms with Crippen LogP contribution in [-0.4, -0.2) is 16.1 Å². The van der Waals surface area contributed by atoms with Gasteiger partial charge in [0, 0.05) is 5.92 Å². The molecule has 0 saturated heterocycles. The minimum absolute atomic E-state index is 0.165. The lowest BCUT2D eigenvalue weighted by atomic mass is 10.1. The zero-order valence-corrected chi connectivity index (χ0v) is 11.4. The zero-order valence-electron chi connectivity index (χ0n) is 10.6. The van der Waals surface area contributed by atoms with E-state index in [1.165, 1.54) is 11.3 Å². The summed E-state index contributed by atoms with van der Waals surface area (Å²) in [4.78, 5) is 16.3. The van der Waals surface area contributed by atoms with E-state index in [1.54, 1.807) is 0 Å². The second-order valence-corrected chi connectivity index (χ2v) is 5.54. The highest BCUT2D eigenvalue weighted by molar-refractivity contribution is 7.15. The molecule has 0 aliphatic heterocycles. The summed E-state index contributed by atoms with van der Waals surface area (Å²) in [5, 5.41) is 10.1. The van der Waals surface area contributed by atoms with Crippen molar-refractivity contribution in [3.63, 3.8) is 0 Å². The molecule has 2 aromatic rings. The first kappa shape index (κ1) is 12.8. The Hall–Kier alpha value is -1.68. The number of hydrogen-bond donors (Lipinski definition) is 1. The lowest BCUT2D eigenvalue weighted by Gasteiger charge is -2.03. The van der Waals surface area contributed by atoms with Crippen LogP contribution >= 0.6 is 11.3 Å². The Morgan fingerprint density at radius 2 is 2.00 bits per heavy atom. The lowest BCUT2D eigenvalue weighted by Crippen LogP contribution is -2.00. The van der Waals surface area contributed by atoms with Gasteiger partial charge in [0.05, 0.1) is 9.88 Å². The second-order valence-electron chi connectivity index (χ2n) is 4.50. The van der Waals surface area contributed by atoms with Gasteiger partial charge in [-0.2, -0.15) is 0 Å². The maximum Gasteiger partial charge on any atom is 0.356 e. The molecule has 94 valence electrons. The van der Waals surface area contributed by atoms with Crippen LogP contribution in [0.2, 0.25) is 0 Å². The number of aryl methyl sites for hydroxylation is 1. The van der Waals surface area contributed by atoms with Crippen LogP contribution in [0.4, 0.5) is 0 Å². The number of hydrogen-bond acceptors (Lipinski definition) is 3. The van der Waals surface area contributed by atoms with Crippen molar-refractivity contribution in [1.29, 1.82) is 0 Å². The standard InChI is InChI=1S/C14H15NO2S/c1-8(2)13-15-11(14(16)17)12(18-13)10-7-5-4-6-9(10)3/h4-8H,1-3H3,(H,16,17). The number of rotatable bonds is 3. The quantitative estimate of drug-likeness (QED) is 0.910. The van der Waals surface area contributed by atoms with E-state index >= 15 is 0 Å². The van der Waals surface area contributed by atoms with Crippen LogP contribution in [0.5, 0.6) is 0 Å². The maximum atomic E-state index is 11.3. The van der Waals surface area contributed by atoms with Gasteiger partial charge in [-0.25, -0.2) is 9.78 Å². The molecule has 4 heteroatoms. The van der Waals surface area contributed by atoms with Crippen LogP contribution in [0.1, 0.15) is 40.8 Å². The van der Waals surface area contributed by atoms with E-state index in [0.29, 0.717) is 0 Å². The van der Waals surface area contributed by atoms with Crippen LogP contribution in [0.25, 0.3) is 10.4 Å². The highest BCUT2D eigenvalue weighted by Gasteiger charge is 2.20. The molecule has 0 aliphatic rings. The number of carboxylic acids is 1. The van der Waals surface area contributed by atoms with Crippen molar-refractivity contribution in [2.45, 2.75) is 26.7 Å². The molecular weight excluding hydrogens is 246 g/mol. The Morgan fingerprint density at radius 1 is 1.33 bits per heavy atom. The zero-order chi connectivity index (χ0) is 13.3. The van der Waals surface area contributed by atoms with E-state index < -0.39 is 5.97 Å². The molecule has 0 fully saturated rings. The summed E-state index contributed by atoms with van der Waals surface area (Å²) in [5.74, 6) is -0.720. The number of benzene rings is 1. The van der Waals surface area contributed by atoms with Gasteiger partial charge in [-0.05, 0) is 18.1 Å². The van der Waals surface area contributed by atoms with Gasteiger partial charge in [-0.3, -0.25) is 0 Å². The molecule has 1 aromatic carbocycles. The average Bonchev–Trinajstić information content (AvgIpc) is 2.74. The van der Waals surface area contributed by atoms with E-state index in [2.05, 4.69) is 4.98 Å². The van der Waals surface area contributed by atoms with E-state index in [1.807, 2.05) is 45.0 Å². The average molecular weight is 261 g/mol. The molecule has 1 aromatic heterocycles. The van der Waals surface area contributed by atoms with Gasteiger partial charge >= 0.3 is 5.97 Å². The molecule has 0 saturated carbocycles. The Morgan fingerprint density at radius 3 is 2.56 bits per heavy atom. The smallest absolute Gasteiger partial charge is 0.356 e. The molecule has 0 amide bonds. The predicted molar refractivity (Wildman–Crippen MR) is 73.3 cm³/mol. The number of thiazole rings is 1. The van der Waals surface area contributed by atoms with Gasteiger partial charge < -0.3 is 5.11 Å². The van der Waals surface area contributed by atoms with Gasteiger partial charge in [0.15, 0.2) is 5.69 Å². The summed E-state index contributed by atoms with van der Waals surface area (Å²) < 4.78 is 0. The monoisotopic (exact) mass is 261 g/mol. The minimum Gasteiger partial charge on any atom is -0.476 e. The molecule has 3 nitrogen and oxygen atoms in total. The summed E-state index contributed by atoms with van der Waals surface area (Å²) in [6, 6.07) is 7.79. The Kier molecular flexibility index (Phi) is 3.48. The van der Waals surface area contributed by atoms with Gasteiger partial charge in [0.25, 0.3) is 0 Å². The molecule has 1 N–H and O–H groups in total. The molecule has 18 heavy (non-hydrogen) atoms.